The topological polar surface area (TPSA) is 60.4 Å². The monoisotopic (exact) mass is 392 g/mol. The summed E-state index contributed by atoms with van der Waals surface area (Å²) in [5.74, 6) is -0.185. The van der Waals surface area contributed by atoms with Crippen molar-refractivity contribution in [1.82, 2.24) is 0 Å². The van der Waals surface area contributed by atoms with E-state index >= 15 is 0 Å². The molecule has 0 saturated heterocycles. The molecule has 0 spiro atoms. The first-order valence-corrected chi connectivity index (χ1v) is 7.56. The van der Waals surface area contributed by atoms with Crippen LogP contribution in [0.25, 0.3) is 5.32 Å². The molecule has 120 valence electrons. The maximum absolute atomic E-state index is 12.5. The van der Waals surface area contributed by atoms with E-state index in [1.165, 1.54) is 5.56 Å². The van der Waals surface area contributed by atoms with Crippen molar-refractivity contribution in [3.05, 3.63) is 58.4 Å². The van der Waals surface area contributed by atoms with E-state index in [1.807, 2.05) is 36.4 Å². The SMILES string of the molecule is Cc1ccc2c(c1C)N(CCCN)c1ccccc1C(=O)[N-]2.[Mo]. The molecular formula is C18H20MoN3O-. The number of anilines is 2. The maximum atomic E-state index is 12.5. The summed E-state index contributed by atoms with van der Waals surface area (Å²) in [4.78, 5) is 14.7. The van der Waals surface area contributed by atoms with E-state index in [0.29, 0.717) is 12.1 Å². The summed E-state index contributed by atoms with van der Waals surface area (Å²) in [5.41, 5.74) is 11.4. The second-order valence-corrected chi connectivity index (χ2v) is 5.60. The molecule has 1 amide bonds. The van der Waals surface area contributed by atoms with Crippen LogP contribution in [-0.4, -0.2) is 19.0 Å². The van der Waals surface area contributed by atoms with Gasteiger partial charge in [0.1, 0.15) is 0 Å². The van der Waals surface area contributed by atoms with Gasteiger partial charge in [0.25, 0.3) is 0 Å². The molecular weight excluding hydrogens is 370 g/mol. The number of benzene rings is 2. The molecule has 1 aliphatic heterocycles. The van der Waals surface area contributed by atoms with Crippen LogP contribution in [0.4, 0.5) is 17.1 Å². The number of fused-ring (bicyclic) bond motifs is 2. The third kappa shape index (κ3) is 3.19. The number of carbonyl (C=O) groups excluding carboxylic acids is 1. The van der Waals surface area contributed by atoms with Crippen LogP contribution in [0.3, 0.4) is 0 Å². The van der Waals surface area contributed by atoms with Gasteiger partial charge in [-0.1, -0.05) is 30.3 Å². The van der Waals surface area contributed by atoms with Crippen molar-refractivity contribution in [3.63, 3.8) is 0 Å². The molecule has 1 heterocycles. The Morgan fingerprint density at radius 1 is 1.13 bits per heavy atom. The quantitative estimate of drug-likeness (QED) is 0.808. The van der Waals surface area contributed by atoms with Crippen molar-refractivity contribution < 1.29 is 25.9 Å². The van der Waals surface area contributed by atoms with E-state index in [-0.39, 0.29) is 27.0 Å². The zero-order valence-electron chi connectivity index (χ0n) is 13.4. The van der Waals surface area contributed by atoms with Crippen molar-refractivity contribution >= 4 is 23.0 Å². The van der Waals surface area contributed by atoms with Crippen molar-refractivity contribution in [2.75, 3.05) is 18.0 Å². The molecule has 0 radical (unpaired) electrons. The average molecular weight is 390 g/mol. The summed E-state index contributed by atoms with van der Waals surface area (Å²) in [6, 6.07) is 11.6. The predicted molar refractivity (Wildman–Crippen MR) is 90.4 cm³/mol. The fourth-order valence-corrected chi connectivity index (χ4v) is 2.88. The average Bonchev–Trinajstić information content (AvgIpc) is 2.65. The molecule has 0 unspecified atom stereocenters. The minimum absolute atomic E-state index is 0. The maximum Gasteiger partial charge on any atom is 0.0875 e. The Hall–Kier alpha value is -1.64. The number of hydrogen-bond acceptors (Lipinski definition) is 3. The van der Waals surface area contributed by atoms with Crippen LogP contribution in [0.1, 0.15) is 27.9 Å². The Morgan fingerprint density at radius 2 is 1.87 bits per heavy atom. The van der Waals surface area contributed by atoms with Crippen LogP contribution >= 0.6 is 0 Å². The number of rotatable bonds is 3. The molecule has 0 aliphatic carbocycles. The fraction of sp³-hybridized carbons (Fsp3) is 0.278. The van der Waals surface area contributed by atoms with Gasteiger partial charge in [0.05, 0.1) is 11.6 Å². The largest absolute Gasteiger partial charge is 0.621 e. The minimum atomic E-state index is -0.185. The Labute approximate surface area is 151 Å². The number of nitrogens with zero attached hydrogens (tertiary/aromatic N) is 2. The van der Waals surface area contributed by atoms with Crippen LogP contribution in [0.5, 0.6) is 0 Å². The molecule has 0 bridgehead atoms. The van der Waals surface area contributed by atoms with E-state index in [0.717, 1.165) is 35.6 Å². The van der Waals surface area contributed by atoms with Gasteiger partial charge in [0.15, 0.2) is 0 Å². The molecule has 0 atom stereocenters. The van der Waals surface area contributed by atoms with E-state index < -0.39 is 0 Å². The molecule has 2 aromatic carbocycles. The normalized spacial score (nSPS) is 12.7. The van der Waals surface area contributed by atoms with E-state index in [9.17, 15) is 4.79 Å². The zero-order valence-corrected chi connectivity index (χ0v) is 15.4. The molecule has 1 aliphatic rings. The van der Waals surface area contributed by atoms with Crippen LogP contribution in [0.2, 0.25) is 0 Å². The number of para-hydroxylation sites is 1. The van der Waals surface area contributed by atoms with Gasteiger partial charge in [-0.2, -0.15) is 0 Å². The first kappa shape index (κ1) is 17.7. The van der Waals surface area contributed by atoms with Crippen molar-refractivity contribution in [2.45, 2.75) is 20.3 Å². The number of carbonyl (C=O) groups is 1. The molecule has 2 N–H and O–H groups in total. The first-order chi connectivity index (χ1) is 10.6. The standard InChI is InChI=1S/C18H21N3O.Mo/c1-12-8-9-15-17(13(12)2)21(11-5-10-19)16-7-4-3-6-14(16)18(22)20-15;/h3-4,6-9H,5,10-11,19H2,1-2H3,(H,20,22);/p-1. The van der Waals surface area contributed by atoms with Crippen LogP contribution < -0.4 is 10.6 Å². The summed E-state index contributed by atoms with van der Waals surface area (Å²) in [6.45, 7) is 5.55. The smallest absolute Gasteiger partial charge is 0.0875 e. The summed E-state index contributed by atoms with van der Waals surface area (Å²) >= 11 is 0. The van der Waals surface area contributed by atoms with Gasteiger partial charge < -0.3 is 20.7 Å². The number of hydrogen-bond donors (Lipinski definition) is 1. The van der Waals surface area contributed by atoms with Gasteiger partial charge in [0, 0.05) is 38.9 Å². The Bertz CT molecular complexity index is 730. The molecule has 2 aromatic rings. The number of amides is 1. The number of aryl methyl sites for hydroxylation is 1. The second kappa shape index (κ2) is 7.29. The number of nitrogens with two attached hydrogens (primary N) is 1. The van der Waals surface area contributed by atoms with Gasteiger partial charge in [-0.15, -0.1) is 5.69 Å². The van der Waals surface area contributed by atoms with Gasteiger partial charge in [-0.05, 0) is 44.0 Å². The third-order valence-electron chi connectivity index (χ3n) is 4.18. The van der Waals surface area contributed by atoms with Crippen molar-refractivity contribution in [3.8, 4) is 0 Å². The van der Waals surface area contributed by atoms with E-state index in [4.69, 9.17) is 5.73 Å². The van der Waals surface area contributed by atoms with Crippen molar-refractivity contribution in [2.24, 2.45) is 5.73 Å². The summed E-state index contributed by atoms with van der Waals surface area (Å²) in [7, 11) is 0. The molecule has 0 aromatic heterocycles. The minimum Gasteiger partial charge on any atom is -0.621 e. The molecule has 3 rings (SSSR count). The summed E-state index contributed by atoms with van der Waals surface area (Å²) in [5, 5.41) is 4.33. The molecule has 0 fully saturated rings. The van der Waals surface area contributed by atoms with Crippen LogP contribution in [0.15, 0.2) is 36.4 Å². The first-order valence-electron chi connectivity index (χ1n) is 7.56. The second-order valence-electron chi connectivity index (χ2n) is 5.60. The van der Waals surface area contributed by atoms with Gasteiger partial charge in [-0.25, -0.2) is 0 Å². The summed E-state index contributed by atoms with van der Waals surface area (Å²) in [6.07, 6.45) is 0.856. The van der Waals surface area contributed by atoms with Crippen molar-refractivity contribution in [1.29, 1.82) is 0 Å². The summed E-state index contributed by atoms with van der Waals surface area (Å²) < 4.78 is 0. The molecule has 23 heavy (non-hydrogen) atoms. The van der Waals surface area contributed by atoms with E-state index in [2.05, 4.69) is 24.1 Å². The van der Waals surface area contributed by atoms with Gasteiger partial charge in [-0.3, -0.25) is 0 Å². The molecule has 4 nitrogen and oxygen atoms in total. The third-order valence-corrected chi connectivity index (χ3v) is 4.18. The fourth-order valence-electron chi connectivity index (χ4n) is 2.88. The van der Waals surface area contributed by atoms with Gasteiger partial charge >= 0.3 is 0 Å². The molecule has 0 saturated carbocycles. The predicted octanol–water partition coefficient (Wildman–Crippen LogP) is 3.95. The Kier molecular flexibility index (Phi) is 5.61. The Morgan fingerprint density at radius 3 is 2.61 bits per heavy atom. The zero-order chi connectivity index (χ0) is 15.7. The van der Waals surface area contributed by atoms with Crippen LogP contribution in [0, 0.1) is 13.8 Å². The van der Waals surface area contributed by atoms with Crippen LogP contribution in [-0.2, 0) is 21.1 Å². The Balaban J connectivity index is 0.00000192. The molecule has 5 heteroatoms. The van der Waals surface area contributed by atoms with Gasteiger partial charge in [0.2, 0.25) is 0 Å². The van der Waals surface area contributed by atoms with E-state index in [1.54, 1.807) is 0 Å².